The molecule has 0 rings (SSSR count). The maximum Gasteiger partial charge on any atom is 0.153 e. The predicted octanol–water partition coefficient (Wildman–Crippen LogP) is 0.710. The highest BCUT2D eigenvalue weighted by atomic mass is 35.5. The Morgan fingerprint density at radius 3 is 2.20 bits per heavy atom. The fraction of sp³-hybridized carbons (Fsp3) is 0. The van der Waals surface area contributed by atoms with Crippen LogP contribution in [-0.2, 0) is 0 Å². The summed E-state index contributed by atoms with van der Waals surface area (Å²) in [6, 6.07) is 1.52. The zero-order valence-corrected chi connectivity index (χ0v) is 3.08. The normalized spacial score (nSPS) is 3.20. The third kappa shape index (κ3) is 3.34. The van der Waals surface area contributed by atoms with Crippen LogP contribution < -0.4 is 0 Å². The van der Waals surface area contributed by atoms with Crippen molar-refractivity contribution in [3.05, 3.63) is 0 Å². The molecule has 1 nitrogen and oxygen atoms in total. The summed E-state index contributed by atoms with van der Waals surface area (Å²) in [6.45, 7) is 0. The lowest BCUT2D eigenvalue weighted by atomic mass is 10.8. The first-order valence-electron chi connectivity index (χ1n) is 0.913. The maximum atomic E-state index is 7.56. The van der Waals surface area contributed by atoms with Crippen molar-refractivity contribution in [2.75, 3.05) is 0 Å². The first-order valence-corrected chi connectivity index (χ1v) is 1.29. The minimum atomic E-state index is 1.52. The molecule has 0 saturated heterocycles. The highest BCUT2D eigenvalue weighted by molar-refractivity contribution is 6.30. The van der Waals surface area contributed by atoms with Crippen LogP contribution in [-0.4, -0.2) is 0 Å². The average Bonchev–Trinajstić information content (AvgIpc) is 1.41. The van der Waals surface area contributed by atoms with Crippen LogP contribution in [0.2, 0.25) is 0 Å². The minimum Gasteiger partial charge on any atom is -0.183 e. The Labute approximate surface area is 35.2 Å². The van der Waals surface area contributed by atoms with E-state index in [2.05, 4.69) is 0 Å². The lowest BCUT2D eigenvalue weighted by Crippen LogP contribution is -1.33. The summed E-state index contributed by atoms with van der Waals surface area (Å²) in [6.07, 6.45) is 0. The number of nitriles is 1. The Balaban J connectivity index is 3.30. The summed E-state index contributed by atoms with van der Waals surface area (Å²) < 4.78 is 0. The van der Waals surface area contributed by atoms with Crippen LogP contribution in [0.5, 0.6) is 0 Å². The monoisotopic (exact) mass is 85.0 g/mol. The molecule has 0 N–H and O–H groups in total. The zero-order chi connectivity index (χ0) is 4.12. The van der Waals surface area contributed by atoms with Gasteiger partial charge in [-0.1, -0.05) is 0 Å². The molecule has 5 heavy (non-hydrogen) atoms. The van der Waals surface area contributed by atoms with Crippen LogP contribution in [0.3, 0.4) is 0 Å². The van der Waals surface area contributed by atoms with Crippen molar-refractivity contribution in [3.8, 4) is 17.4 Å². The Morgan fingerprint density at radius 2 is 2.20 bits per heavy atom. The first kappa shape index (κ1) is 4.34. The summed E-state index contributed by atoms with van der Waals surface area (Å²) >= 11 is 4.72. The van der Waals surface area contributed by atoms with E-state index < -0.39 is 0 Å². The molecule has 0 unspecified atom stereocenters. The van der Waals surface area contributed by atoms with Gasteiger partial charge in [-0.15, -0.1) is 0 Å². The van der Waals surface area contributed by atoms with Crippen LogP contribution in [0.15, 0.2) is 0 Å². The van der Waals surface area contributed by atoms with E-state index in [1.807, 2.05) is 11.3 Å². The van der Waals surface area contributed by atoms with E-state index in [4.69, 9.17) is 16.9 Å². The number of rotatable bonds is 0. The molecule has 0 saturated carbocycles. The van der Waals surface area contributed by atoms with Crippen LogP contribution in [0.1, 0.15) is 0 Å². The fourth-order valence-corrected chi connectivity index (χ4v) is 0.0634. The third-order valence-electron chi connectivity index (χ3n) is 0.103. The molecular weight excluding hydrogens is 85.5 g/mol. The molecule has 0 amide bonds. The Hall–Kier alpha value is -0.660. The van der Waals surface area contributed by atoms with Gasteiger partial charge in [-0.25, -0.2) is 0 Å². The molecule has 0 spiro atoms. The number of hydrogen-bond acceptors (Lipinski definition) is 1. The highest BCUT2D eigenvalue weighted by Crippen LogP contribution is 1.56. The lowest BCUT2D eigenvalue weighted by Gasteiger charge is -1.34. The van der Waals surface area contributed by atoms with Gasteiger partial charge >= 0.3 is 0 Å². The summed E-state index contributed by atoms with van der Waals surface area (Å²) in [5.74, 6) is 1.93. The molecule has 0 fully saturated rings. The van der Waals surface area contributed by atoms with E-state index in [0.29, 0.717) is 0 Å². The topological polar surface area (TPSA) is 23.8 Å². The molecule has 0 bridgehead atoms. The van der Waals surface area contributed by atoms with Gasteiger partial charge in [0.25, 0.3) is 0 Å². The molecule has 0 aromatic carbocycles. The van der Waals surface area contributed by atoms with Crippen LogP contribution in [0.4, 0.5) is 0 Å². The minimum absolute atomic E-state index is 1.52. The van der Waals surface area contributed by atoms with Gasteiger partial charge in [-0.05, 0) is 11.6 Å². The molecular formula is C3ClN. The zero-order valence-electron chi connectivity index (χ0n) is 2.33. The standard InChI is InChI=1S/C3ClN/c4-2-1-3-5. The largest absolute Gasteiger partial charge is 0.183 e. The second-order valence-corrected chi connectivity index (χ2v) is 0.520. The molecule has 0 atom stereocenters. The smallest absolute Gasteiger partial charge is 0.153 e. The highest BCUT2D eigenvalue weighted by Gasteiger charge is 1.43. The average molecular weight is 85.5 g/mol. The van der Waals surface area contributed by atoms with Gasteiger partial charge in [0.1, 0.15) is 0 Å². The molecule has 0 aromatic heterocycles. The first-order chi connectivity index (χ1) is 2.41. The quantitative estimate of drug-likeness (QED) is 0.398. The van der Waals surface area contributed by atoms with Crippen molar-refractivity contribution in [2.45, 2.75) is 0 Å². The summed E-state index contributed by atoms with van der Waals surface area (Å²) in [4.78, 5) is 0. The lowest BCUT2D eigenvalue weighted by molar-refractivity contribution is 1.55. The second-order valence-electron chi connectivity index (χ2n) is 0.331. The van der Waals surface area contributed by atoms with E-state index in [9.17, 15) is 0 Å². The van der Waals surface area contributed by atoms with E-state index >= 15 is 0 Å². The predicted molar refractivity (Wildman–Crippen MR) is 19.2 cm³/mol. The van der Waals surface area contributed by atoms with E-state index in [1.165, 1.54) is 6.07 Å². The Kier molecular flexibility index (Phi) is 2.90. The molecule has 0 heterocycles. The van der Waals surface area contributed by atoms with Crippen LogP contribution in [0, 0.1) is 22.6 Å². The van der Waals surface area contributed by atoms with Crippen LogP contribution >= 0.6 is 11.6 Å². The van der Waals surface area contributed by atoms with Crippen molar-refractivity contribution in [1.82, 2.24) is 0 Å². The van der Waals surface area contributed by atoms with Gasteiger partial charge in [0.15, 0.2) is 6.07 Å². The number of halogens is 1. The molecule has 24 valence electrons. The van der Waals surface area contributed by atoms with Gasteiger partial charge < -0.3 is 0 Å². The number of hydrogen-bond donors (Lipinski definition) is 0. The molecule has 0 aliphatic carbocycles. The van der Waals surface area contributed by atoms with Crippen molar-refractivity contribution in [1.29, 1.82) is 5.26 Å². The van der Waals surface area contributed by atoms with Gasteiger partial charge in [-0.3, -0.25) is 0 Å². The van der Waals surface area contributed by atoms with E-state index in [0.717, 1.165) is 0 Å². The van der Waals surface area contributed by atoms with Gasteiger partial charge in [-0.2, -0.15) is 5.26 Å². The Morgan fingerprint density at radius 1 is 1.60 bits per heavy atom. The molecule has 0 radical (unpaired) electrons. The molecule has 2 heteroatoms. The molecule has 0 aliphatic heterocycles. The third-order valence-corrected chi connectivity index (χ3v) is 0.198. The van der Waals surface area contributed by atoms with Gasteiger partial charge in [0.05, 0.1) is 0 Å². The van der Waals surface area contributed by atoms with Crippen molar-refractivity contribution < 1.29 is 0 Å². The summed E-state index contributed by atoms with van der Waals surface area (Å²) in [5, 5.41) is 9.44. The summed E-state index contributed by atoms with van der Waals surface area (Å²) in [5.41, 5.74) is 0. The Bertz CT molecular complexity index is 100. The van der Waals surface area contributed by atoms with Gasteiger partial charge in [0, 0.05) is 11.3 Å². The molecule has 0 aromatic rings. The van der Waals surface area contributed by atoms with Crippen molar-refractivity contribution >= 4 is 11.6 Å². The van der Waals surface area contributed by atoms with Crippen molar-refractivity contribution in [2.24, 2.45) is 0 Å². The molecule has 0 aliphatic rings. The van der Waals surface area contributed by atoms with Gasteiger partial charge in [0.2, 0.25) is 0 Å². The summed E-state index contributed by atoms with van der Waals surface area (Å²) in [7, 11) is 0. The maximum absolute atomic E-state index is 7.56. The SMILES string of the molecule is N#CC#CCl. The van der Waals surface area contributed by atoms with Crippen LogP contribution in [0.25, 0.3) is 0 Å². The second kappa shape index (κ2) is 3.34. The van der Waals surface area contributed by atoms with E-state index in [-0.39, 0.29) is 0 Å². The fourth-order valence-electron chi connectivity index (χ4n) is 0.0211. The van der Waals surface area contributed by atoms with Crippen molar-refractivity contribution in [3.63, 3.8) is 0 Å². The number of nitrogens with zero attached hydrogens (tertiary/aromatic N) is 1. The van der Waals surface area contributed by atoms with E-state index in [1.54, 1.807) is 0 Å².